The number of carbonyl (C=O) groups excluding carboxylic acids is 2. The van der Waals surface area contributed by atoms with Crippen LogP contribution in [0.15, 0.2) is 23.0 Å². The fourth-order valence-electron chi connectivity index (χ4n) is 10.5. The van der Waals surface area contributed by atoms with Crippen LogP contribution in [0.3, 0.4) is 0 Å². The summed E-state index contributed by atoms with van der Waals surface area (Å²) in [5.74, 6) is -2.60. The van der Waals surface area contributed by atoms with Crippen LogP contribution in [0.1, 0.15) is 65.0 Å². The van der Waals surface area contributed by atoms with E-state index in [1.54, 1.807) is 19.9 Å². The predicted octanol–water partition coefficient (Wildman–Crippen LogP) is 0.482. The monoisotopic (exact) mass is 650 g/mol. The molecule has 5 N–H and O–H groups in total. The zero-order valence-corrected chi connectivity index (χ0v) is 26.2. The van der Waals surface area contributed by atoms with Gasteiger partial charge in [-0.2, -0.15) is 0 Å². The third-order valence-electron chi connectivity index (χ3n) is 12.6. The average Bonchev–Trinajstić information content (AvgIpc) is 3.48. The van der Waals surface area contributed by atoms with Gasteiger partial charge in [-0.15, -0.1) is 0 Å². The van der Waals surface area contributed by atoms with Crippen molar-refractivity contribution in [2.24, 2.45) is 28.1 Å². The van der Waals surface area contributed by atoms with Gasteiger partial charge in [-0.25, -0.2) is 4.79 Å². The number of carboxylic acids is 1. The Balaban J connectivity index is 1.35. The zero-order valence-electron chi connectivity index (χ0n) is 26.2. The minimum absolute atomic E-state index is 0.0199. The Morgan fingerprint density at radius 2 is 1.78 bits per heavy atom. The molecule has 0 radical (unpaired) electrons. The number of aliphatic carboxylic acids is 1. The van der Waals surface area contributed by atoms with Crippen molar-refractivity contribution in [1.82, 2.24) is 0 Å². The topological polar surface area (TPSA) is 215 Å². The number of cyclic esters (lactones) is 1. The lowest BCUT2D eigenvalue weighted by atomic mass is 9.37. The van der Waals surface area contributed by atoms with Gasteiger partial charge in [-0.1, -0.05) is 6.92 Å². The van der Waals surface area contributed by atoms with Crippen LogP contribution in [0.4, 0.5) is 0 Å². The van der Waals surface area contributed by atoms with Gasteiger partial charge in [0.2, 0.25) is 0 Å². The number of carboxylic acid groups (broad SMARTS) is 1. The van der Waals surface area contributed by atoms with E-state index in [0.29, 0.717) is 12.0 Å². The number of ether oxygens (including phenoxy) is 5. The fourth-order valence-corrected chi connectivity index (χ4v) is 10.5. The molecule has 1 aromatic rings. The van der Waals surface area contributed by atoms with Crippen LogP contribution < -0.4 is 0 Å². The van der Waals surface area contributed by atoms with Crippen molar-refractivity contribution in [3.63, 3.8) is 0 Å². The van der Waals surface area contributed by atoms with Crippen LogP contribution in [0, 0.1) is 28.1 Å². The van der Waals surface area contributed by atoms with Crippen molar-refractivity contribution >= 4 is 17.7 Å². The fraction of sp³-hybridized carbons (Fsp3) is 0.781. The van der Waals surface area contributed by atoms with Gasteiger partial charge in [0.1, 0.15) is 42.4 Å². The van der Waals surface area contributed by atoms with Gasteiger partial charge in [-0.3, -0.25) is 9.59 Å². The quantitative estimate of drug-likeness (QED) is 0.209. The van der Waals surface area contributed by atoms with Gasteiger partial charge in [-0.05, 0) is 45.6 Å². The minimum atomic E-state index is -1.74. The second-order valence-corrected chi connectivity index (χ2v) is 14.9. The highest BCUT2D eigenvalue weighted by Gasteiger charge is 2.88. The lowest BCUT2D eigenvalue weighted by molar-refractivity contribution is -0.328. The number of carbonyl (C=O) groups is 3. The van der Waals surface area contributed by atoms with E-state index in [1.165, 1.54) is 12.5 Å². The van der Waals surface area contributed by atoms with E-state index < -0.39 is 95.0 Å². The molecule has 2 saturated carbocycles. The summed E-state index contributed by atoms with van der Waals surface area (Å²) in [6, 6.07) is 1.61. The van der Waals surface area contributed by atoms with E-state index in [4.69, 9.17) is 28.1 Å². The minimum Gasteiger partial charge on any atom is -0.479 e. The number of Topliss-reactive ketones (excluding diaryl/α,β-unsaturated/α-hetero) is 1. The smallest absolute Gasteiger partial charge is 0.335 e. The highest BCUT2D eigenvalue weighted by molar-refractivity contribution is 5.92. The molecule has 5 heterocycles. The maximum absolute atomic E-state index is 14.7. The largest absolute Gasteiger partial charge is 0.479 e. The molecule has 6 fully saturated rings. The summed E-state index contributed by atoms with van der Waals surface area (Å²) < 4.78 is 36.1. The third kappa shape index (κ3) is 3.89. The molecule has 254 valence electrons. The summed E-state index contributed by atoms with van der Waals surface area (Å²) in [5, 5.41) is 52.1. The van der Waals surface area contributed by atoms with E-state index in [9.17, 15) is 39.9 Å². The standard InChI is InChI=1S/C32H42O14/c1-28(2)17-9-18(34)30(4)16(31(17)13-42-20(35)10-19(31)45-28)5-7-29(3,32(30)25(46-32)26(39)40)24(14-6-8-41-12-14)44-27-23(38)22(37)21(36)15(11-33)43-27/h6,8,12,15-17,19,21-25,27,33,36-38H,5,7,9-11,13H2,1-4H3,(H,39,40)/t15-,16-,17-,19-,21-,22+,23-,24-,25+,27+,29-,30-,31+,32+/m0/s1. The van der Waals surface area contributed by atoms with Gasteiger partial charge >= 0.3 is 11.9 Å². The van der Waals surface area contributed by atoms with Crippen molar-refractivity contribution in [2.45, 2.75) is 114 Å². The number of hydrogen-bond donors (Lipinski definition) is 5. The Morgan fingerprint density at radius 3 is 2.41 bits per heavy atom. The van der Waals surface area contributed by atoms with Crippen LogP contribution >= 0.6 is 0 Å². The number of rotatable bonds is 6. The molecular formula is C32H42O14. The summed E-state index contributed by atoms with van der Waals surface area (Å²) in [6.07, 6.45) is -7.39. The van der Waals surface area contributed by atoms with Gasteiger partial charge in [0.15, 0.2) is 12.4 Å². The van der Waals surface area contributed by atoms with E-state index >= 15 is 0 Å². The maximum atomic E-state index is 14.7. The second kappa shape index (κ2) is 10.3. The Hall–Kier alpha value is -2.43. The Kier molecular flexibility index (Phi) is 7.19. The van der Waals surface area contributed by atoms with Crippen LogP contribution in [-0.4, -0.2) is 111 Å². The molecule has 14 atom stereocenters. The number of hydrogen-bond acceptors (Lipinski definition) is 13. The summed E-state index contributed by atoms with van der Waals surface area (Å²) in [4.78, 5) is 40.1. The van der Waals surface area contributed by atoms with Crippen molar-refractivity contribution in [1.29, 1.82) is 0 Å². The Bertz CT molecular complexity index is 1410. The van der Waals surface area contributed by atoms with Gasteiger partial charge in [0.05, 0.1) is 48.8 Å². The molecule has 14 nitrogen and oxygen atoms in total. The van der Waals surface area contributed by atoms with Gasteiger partial charge in [0.25, 0.3) is 0 Å². The van der Waals surface area contributed by atoms with E-state index in [-0.39, 0.29) is 43.5 Å². The predicted molar refractivity (Wildman–Crippen MR) is 151 cm³/mol. The van der Waals surface area contributed by atoms with Crippen LogP contribution in [-0.2, 0) is 38.1 Å². The SMILES string of the molecule is CC1(C)O[C@H]2CC(=O)OC[C@]23[C@H]2CC[C@@](C)([C@@H](O[C@H]4O[C@@H](CO)[C@H](O)[C@@H](O)[C@@H]4O)c4ccoc4)[C@@]4(O[C@@H]4C(=O)O)[C@]2(C)C(=O)C[C@@H]13. The molecule has 6 aliphatic rings. The van der Waals surface area contributed by atoms with Crippen LogP contribution in [0.5, 0.6) is 0 Å². The number of ketones is 1. The number of epoxide rings is 1. The molecule has 1 aromatic heterocycles. The molecule has 46 heavy (non-hydrogen) atoms. The molecule has 14 heteroatoms. The second-order valence-electron chi connectivity index (χ2n) is 14.9. The molecule has 2 aliphatic carbocycles. The highest BCUT2D eigenvalue weighted by Crippen LogP contribution is 2.78. The summed E-state index contributed by atoms with van der Waals surface area (Å²) in [6.45, 7) is 6.73. The molecule has 0 aromatic carbocycles. The van der Waals surface area contributed by atoms with Crippen LogP contribution in [0.2, 0.25) is 0 Å². The molecule has 0 bridgehead atoms. The van der Waals surface area contributed by atoms with Crippen molar-refractivity contribution in [3.8, 4) is 0 Å². The number of fused-ring (bicyclic) bond motifs is 2. The molecule has 4 aliphatic heterocycles. The molecule has 4 saturated heterocycles. The number of aliphatic hydroxyl groups is 4. The Morgan fingerprint density at radius 1 is 1.04 bits per heavy atom. The first kappa shape index (κ1) is 32.1. The van der Waals surface area contributed by atoms with E-state index in [2.05, 4.69) is 0 Å². The lowest BCUT2D eigenvalue weighted by Gasteiger charge is -2.64. The molecule has 2 spiro atoms. The van der Waals surface area contributed by atoms with Crippen molar-refractivity contribution in [2.75, 3.05) is 13.2 Å². The normalized spacial score (nSPS) is 49.9. The molecule has 7 rings (SSSR count). The maximum Gasteiger partial charge on any atom is 0.335 e. The molecule has 0 unspecified atom stereocenters. The van der Waals surface area contributed by atoms with E-state index in [0.717, 1.165) is 0 Å². The zero-order chi connectivity index (χ0) is 33.2. The van der Waals surface area contributed by atoms with Gasteiger partial charge in [0, 0.05) is 28.7 Å². The Labute approximate surface area is 264 Å². The highest BCUT2D eigenvalue weighted by atomic mass is 16.7. The van der Waals surface area contributed by atoms with E-state index in [1.807, 2.05) is 13.8 Å². The third-order valence-corrected chi connectivity index (χ3v) is 12.6. The van der Waals surface area contributed by atoms with Crippen molar-refractivity contribution in [3.05, 3.63) is 24.2 Å². The van der Waals surface area contributed by atoms with Crippen molar-refractivity contribution < 1.29 is 68.0 Å². The molecule has 0 amide bonds. The first-order valence-corrected chi connectivity index (χ1v) is 15.9. The number of aliphatic hydroxyl groups excluding tert-OH is 4. The molecular weight excluding hydrogens is 608 g/mol. The van der Waals surface area contributed by atoms with Gasteiger partial charge < -0.3 is 53.6 Å². The summed E-state index contributed by atoms with van der Waals surface area (Å²) in [7, 11) is 0. The lowest BCUT2D eigenvalue weighted by Crippen LogP contribution is -2.72. The first-order valence-electron chi connectivity index (χ1n) is 15.9. The summed E-state index contributed by atoms with van der Waals surface area (Å²) in [5.41, 5.74) is -5.40. The summed E-state index contributed by atoms with van der Waals surface area (Å²) >= 11 is 0. The first-order chi connectivity index (χ1) is 21.6. The van der Waals surface area contributed by atoms with Crippen LogP contribution in [0.25, 0.3) is 0 Å². The average molecular weight is 651 g/mol. The number of furan rings is 1. The number of esters is 1.